The second kappa shape index (κ2) is 5.11. The van der Waals surface area contributed by atoms with Crippen LogP contribution in [-0.4, -0.2) is 25.0 Å². The molecular weight excluding hydrogens is 290 g/mol. The van der Waals surface area contributed by atoms with E-state index in [9.17, 15) is 13.2 Å². The van der Waals surface area contributed by atoms with Gasteiger partial charge in [0.1, 0.15) is 4.90 Å². The first-order chi connectivity index (χ1) is 8.85. The number of sulfonamides is 1. The summed E-state index contributed by atoms with van der Waals surface area (Å²) in [6.45, 7) is 0. The van der Waals surface area contributed by atoms with E-state index >= 15 is 0 Å². The fourth-order valence-electron chi connectivity index (χ4n) is 2.21. The molecule has 2 rings (SSSR count). The Morgan fingerprint density at radius 3 is 2.47 bits per heavy atom. The molecule has 0 radical (unpaired) electrons. The zero-order valence-corrected chi connectivity index (χ0v) is 11.7. The molecule has 0 atom stereocenters. The molecule has 5 nitrogen and oxygen atoms in total. The van der Waals surface area contributed by atoms with Gasteiger partial charge in [0.15, 0.2) is 0 Å². The van der Waals surface area contributed by atoms with Crippen LogP contribution in [0.4, 0.5) is 0 Å². The second-order valence-corrected chi connectivity index (χ2v) is 6.80. The van der Waals surface area contributed by atoms with Gasteiger partial charge in [-0.2, -0.15) is 0 Å². The predicted octanol–water partition coefficient (Wildman–Crippen LogP) is 2.02. The fourth-order valence-corrected chi connectivity index (χ4v) is 4.19. The van der Waals surface area contributed by atoms with E-state index in [1.807, 2.05) is 0 Å². The van der Waals surface area contributed by atoms with Crippen molar-refractivity contribution in [3.05, 3.63) is 29.3 Å². The first kappa shape index (κ1) is 14.3. The number of nitrogens with one attached hydrogen (secondary N) is 1. The van der Waals surface area contributed by atoms with Crippen molar-refractivity contribution in [2.75, 3.05) is 0 Å². The van der Waals surface area contributed by atoms with Crippen molar-refractivity contribution in [2.45, 2.75) is 36.1 Å². The van der Waals surface area contributed by atoms with E-state index in [1.165, 1.54) is 12.1 Å². The van der Waals surface area contributed by atoms with Gasteiger partial charge in [0.2, 0.25) is 10.0 Å². The minimum Gasteiger partial charge on any atom is -0.481 e. The summed E-state index contributed by atoms with van der Waals surface area (Å²) in [5, 5.41) is 9.00. The summed E-state index contributed by atoms with van der Waals surface area (Å²) in [5.41, 5.74) is -0.871. The van der Waals surface area contributed by atoms with Crippen LogP contribution in [-0.2, 0) is 14.8 Å². The van der Waals surface area contributed by atoms with Gasteiger partial charge in [-0.25, -0.2) is 13.1 Å². The minimum absolute atomic E-state index is 0.0201. The molecular formula is C12H14ClNO4S. The van der Waals surface area contributed by atoms with E-state index in [0.29, 0.717) is 12.8 Å². The smallest absolute Gasteiger partial charge is 0.305 e. The number of benzene rings is 1. The molecule has 2 N–H and O–H groups in total. The molecule has 1 aliphatic rings. The summed E-state index contributed by atoms with van der Waals surface area (Å²) in [4.78, 5) is 10.8. The van der Waals surface area contributed by atoms with E-state index in [0.717, 1.165) is 6.42 Å². The normalized spacial score (nSPS) is 17.7. The summed E-state index contributed by atoms with van der Waals surface area (Å²) in [6, 6.07) is 6.10. The van der Waals surface area contributed by atoms with Gasteiger partial charge >= 0.3 is 5.97 Å². The Labute approximate surface area is 116 Å². The Balaban J connectivity index is 2.26. The van der Waals surface area contributed by atoms with Crippen LogP contribution in [0.15, 0.2) is 29.2 Å². The summed E-state index contributed by atoms with van der Waals surface area (Å²) >= 11 is 5.87. The second-order valence-electron chi connectivity index (χ2n) is 4.74. The van der Waals surface area contributed by atoms with Crippen molar-refractivity contribution >= 4 is 27.6 Å². The van der Waals surface area contributed by atoms with Crippen LogP contribution >= 0.6 is 11.6 Å². The average Bonchev–Trinajstić information content (AvgIpc) is 2.25. The Morgan fingerprint density at radius 1 is 1.37 bits per heavy atom. The molecule has 0 aliphatic heterocycles. The molecule has 0 amide bonds. The largest absolute Gasteiger partial charge is 0.481 e. The van der Waals surface area contributed by atoms with Gasteiger partial charge in [0.25, 0.3) is 0 Å². The van der Waals surface area contributed by atoms with E-state index in [4.69, 9.17) is 16.7 Å². The lowest BCUT2D eigenvalue weighted by Crippen LogP contribution is -2.54. The third-order valence-corrected chi connectivity index (χ3v) is 5.36. The number of carboxylic acid groups (broad SMARTS) is 1. The molecule has 1 aromatic rings. The van der Waals surface area contributed by atoms with Crippen LogP contribution in [0.3, 0.4) is 0 Å². The van der Waals surface area contributed by atoms with Crippen LogP contribution in [0.25, 0.3) is 0 Å². The third-order valence-electron chi connectivity index (χ3n) is 3.28. The van der Waals surface area contributed by atoms with Crippen LogP contribution in [0.1, 0.15) is 25.7 Å². The Morgan fingerprint density at radius 2 is 2.00 bits per heavy atom. The maximum absolute atomic E-state index is 12.3. The highest BCUT2D eigenvalue weighted by Crippen LogP contribution is 2.37. The van der Waals surface area contributed by atoms with E-state index in [2.05, 4.69) is 4.72 Å². The molecule has 1 aromatic carbocycles. The highest BCUT2D eigenvalue weighted by molar-refractivity contribution is 7.89. The quantitative estimate of drug-likeness (QED) is 0.871. The van der Waals surface area contributed by atoms with Crippen LogP contribution in [0, 0.1) is 0 Å². The van der Waals surface area contributed by atoms with E-state index < -0.39 is 21.5 Å². The maximum atomic E-state index is 12.3. The summed E-state index contributed by atoms with van der Waals surface area (Å²) < 4.78 is 27.0. The van der Waals surface area contributed by atoms with Crippen molar-refractivity contribution in [1.82, 2.24) is 4.72 Å². The van der Waals surface area contributed by atoms with Crippen molar-refractivity contribution < 1.29 is 18.3 Å². The molecule has 0 unspecified atom stereocenters. The first-order valence-corrected chi connectivity index (χ1v) is 7.71. The van der Waals surface area contributed by atoms with Gasteiger partial charge in [-0.1, -0.05) is 23.7 Å². The molecule has 1 aliphatic carbocycles. The minimum atomic E-state index is -3.80. The molecule has 0 bridgehead atoms. The van der Waals surface area contributed by atoms with Gasteiger partial charge in [-0.3, -0.25) is 4.79 Å². The fraction of sp³-hybridized carbons (Fsp3) is 0.417. The monoisotopic (exact) mass is 303 g/mol. The molecule has 0 spiro atoms. The maximum Gasteiger partial charge on any atom is 0.305 e. The molecule has 7 heteroatoms. The van der Waals surface area contributed by atoms with Crippen molar-refractivity contribution in [3.8, 4) is 0 Å². The number of hydrogen-bond donors (Lipinski definition) is 2. The third kappa shape index (κ3) is 3.08. The Bertz CT molecular complexity index is 596. The Hall–Kier alpha value is -1.11. The van der Waals surface area contributed by atoms with Gasteiger partial charge in [-0.05, 0) is 31.4 Å². The van der Waals surface area contributed by atoms with Gasteiger partial charge in [0, 0.05) is 5.54 Å². The molecule has 104 valence electrons. The summed E-state index contributed by atoms with van der Waals surface area (Å²) in [5.74, 6) is -1.01. The first-order valence-electron chi connectivity index (χ1n) is 5.85. The standard InChI is InChI=1S/C12H14ClNO4S/c13-9-4-1-2-5-10(9)19(17,18)14-12(6-3-7-12)8-11(15)16/h1-2,4-5,14H,3,6-8H2,(H,15,16). The number of hydrogen-bond acceptors (Lipinski definition) is 3. The lowest BCUT2D eigenvalue weighted by Gasteiger charge is -2.41. The van der Waals surface area contributed by atoms with Crippen molar-refractivity contribution in [3.63, 3.8) is 0 Å². The van der Waals surface area contributed by atoms with Gasteiger partial charge < -0.3 is 5.11 Å². The van der Waals surface area contributed by atoms with Crippen LogP contribution in [0.2, 0.25) is 5.02 Å². The zero-order chi connectivity index (χ0) is 14.1. The van der Waals surface area contributed by atoms with Crippen LogP contribution in [0.5, 0.6) is 0 Å². The number of halogens is 1. The van der Waals surface area contributed by atoms with Crippen molar-refractivity contribution in [1.29, 1.82) is 0 Å². The number of carbonyl (C=O) groups is 1. The number of aliphatic carboxylic acids is 1. The molecule has 19 heavy (non-hydrogen) atoms. The van der Waals surface area contributed by atoms with E-state index in [1.54, 1.807) is 12.1 Å². The number of carboxylic acids is 1. The lowest BCUT2D eigenvalue weighted by atomic mass is 9.75. The van der Waals surface area contributed by atoms with Crippen molar-refractivity contribution in [2.24, 2.45) is 0 Å². The molecule has 1 saturated carbocycles. The predicted molar refractivity (Wildman–Crippen MR) is 70.6 cm³/mol. The Kier molecular flexibility index (Phi) is 3.85. The topological polar surface area (TPSA) is 83.5 Å². The van der Waals surface area contributed by atoms with E-state index in [-0.39, 0.29) is 16.3 Å². The number of rotatable bonds is 5. The zero-order valence-electron chi connectivity index (χ0n) is 10.1. The summed E-state index contributed by atoms with van der Waals surface area (Å²) in [6.07, 6.45) is 1.67. The summed E-state index contributed by atoms with van der Waals surface area (Å²) in [7, 11) is -3.80. The van der Waals surface area contributed by atoms with Gasteiger partial charge in [-0.15, -0.1) is 0 Å². The lowest BCUT2D eigenvalue weighted by molar-refractivity contribution is -0.139. The molecule has 0 saturated heterocycles. The molecule has 0 heterocycles. The highest BCUT2D eigenvalue weighted by Gasteiger charge is 2.42. The van der Waals surface area contributed by atoms with Gasteiger partial charge in [0.05, 0.1) is 11.4 Å². The SMILES string of the molecule is O=C(O)CC1(NS(=O)(=O)c2ccccc2Cl)CCC1. The average molecular weight is 304 g/mol. The molecule has 1 fully saturated rings. The molecule has 0 aromatic heterocycles. The highest BCUT2D eigenvalue weighted by atomic mass is 35.5. The van der Waals surface area contributed by atoms with Crippen LogP contribution < -0.4 is 4.72 Å².